The van der Waals surface area contributed by atoms with Crippen LogP contribution in [0.2, 0.25) is 0 Å². The molecule has 1 saturated heterocycles. The molecule has 0 aliphatic carbocycles. The maximum Gasteiger partial charge on any atom is 0.328 e. The highest BCUT2D eigenvalue weighted by molar-refractivity contribution is 5.85. The number of carbonyl (C=O) groups is 1. The van der Waals surface area contributed by atoms with Gasteiger partial charge in [-0.2, -0.15) is 0 Å². The van der Waals surface area contributed by atoms with E-state index in [1.165, 1.54) is 12.1 Å². The Morgan fingerprint density at radius 2 is 2.25 bits per heavy atom. The van der Waals surface area contributed by atoms with Crippen molar-refractivity contribution < 1.29 is 19.0 Å². The summed E-state index contributed by atoms with van der Waals surface area (Å²) < 4.78 is 19.0. The minimum atomic E-state index is -1.08. The number of hydrogen-bond donors (Lipinski definition) is 1. The standard InChI is InChI=1S/C15H18FNO3/c16-14-4-2-12(10-13(14)3-5-15(18)19)11-17-6-1-8-20-9-7-17/h2-5,10H,1,6-9,11H2,(H,18,19). The van der Waals surface area contributed by atoms with Crippen molar-refractivity contribution in [2.24, 2.45) is 0 Å². The van der Waals surface area contributed by atoms with Gasteiger partial charge in [-0.3, -0.25) is 4.90 Å². The summed E-state index contributed by atoms with van der Waals surface area (Å²) in [4.78, 5) is 12.7. The molecule has 0 radical (unpaired) electrons. The summed E-state index contributed by atoms with van der Waals surface area (Å²) in [6, 6.07) is 4.81. The first kappa shape index (κ1) is 14.7. The second-order valence-electron chi connectivity index (χ2n) is 4.77. The highest BCUT2D eigenvalue weighted by Crippen LogP contribution is 2.15. The van der Waals surface area contributed by atoms with Crippen LogP contribution in [-0.2, 0) is 16.1 Å². The highest BCUT2D eigenvalue weighted by Gasteiger charge is 2.10. The van der Waals surface area contributed by atoms with Gasteiger partial charge in [-0.15, -0.1) is 0 Å². The SMILES string of the molecule is O=C(O)C=Cc1cc(CN2CCCOCC2)ccc1F. The van der Waals surface area contributed by atoms with Gasteiger partial charge in [0.25, 0.3) is 0 Å². The minimum absolute atomic E-state index is 0.302. The van der Waals surface area contributed by atoms with Crippen molar-refractivity contribution in [3.05, 3.63) is 41.2 Å². The van der Waals surface area contributed by atoms with Crippen molar-refractivity contribution in [1.29, 1.82) is 0 Å². The topological polar surface area (TPSA) is 49.8 Å². The lowest BCUT2D eigenvalue weighted by Crippen LogP contribution is -2.25. The molecule has 0 bridgehead atoms. The Morgan fingerprint density at radius 3 is 3.05 bits per heavy atom. The van der Waals surface area contributed by atoms with Crippen molar-refractivity contribution in [2.75, 3.05) is 26.3 Å². The number of aliphatic carboxylic acids is 1. The Hall–Kier alpha value is -1.72. The van der Waals surface area contributed by atoms with Gasteiger partial charge in [0.2, 0.25) is 0 Å². The van der Waals surface area contributed by atoms with Crippen LogP contribution in [0.15, 0.2) is 24.3 Å². The van der Waals surface area contributed by atoms with E-state index in [9.17, 15) is 9.18 Å². The Kier molecular flexibility index (Phi) is 5.26. The van der Waals surface area contributed by atoms with Crippen LogP contribution in [0.3, 0.4) is 0 Å². The van der Waals surface area contributed by atoms with E-state index in [1.54, 1.807) is 12.1 Å². The summed E-state index contributed by atoms with van der Waals surface area (Å²) in [5.41, 5.74) is 1.27. The molecule has 0 atom stereocenters. The van der Waals surface area contributed by atoms with E-state index < -0.39 is 11.8 Å². The normalized spacial score (nSPS) is 17.2. The third-order valence-electron chi connectivity index (χ3n) is 3.19. The summed E-state index contributed by atoms with van der Waals surface area (Å²) in [6.45, 7) is 4.03. The van der Waals surface area contributed by atoms with Crippen LogP contribution < -0.4 is 0 Å². The Labute approximate surface area is 117 Å². The zero-order chi connectivity index (χ0) is 14.4. The van der Waals surface area contributed by atoms with Gasteiger partial charge in [-0.1, -0.05) is 6.07 Å². The molecular formula is C15H18FNO3. The van der Waals surface area contributed by atoms with Gasteiger partial charge in [0, 0.05) is 37.9 Å². The molecule has 2 rings (SSSR count). The Balaban J connectivity index is 2.08. The molecule has 1 fully saturated rings. The smallest absolute Gasteiger partial charge is 0.328 e. The van der Waals surface area contributed by atoms with Gasteiger partial charge in [-0.25, -0.2) is 9.18 Å². The first-order valence-electron chi connectivity index (χ1n) is 6.65. The number of carboxylic acids is 1. The lowest BCUT2D eigenvalue weighted by molar-refractivity contribution is -0.131. The molecular weight excluding hydrogens is 261 g/mol. The summed E-state index contributed by atoms with van der Waals surface area (Å²) >= 11 is 0. The third kappa shape index (κ3) is 4.43. The van der Waals surface area contributed by atoms with E-state index in [-0.39, 0.29) is 0 Å². The first-order chi connectivity index (χ1) is 9.65. The molecule has 0 spiro atoms. The van der Waals surface area contributed by atoms with Crippen LogP contribution in [0, 0.1) is 5.82 Å². The molecule has 1 aromatic carbocycles. The fraction of sp³-hybridized carbons (Fsp3) is 0.400. The molecule has 0 amide bonds. The number of benzene rings is 1. The maximum atomic E-state index is 13.6. The second-order valence-corrected chi connectivity index (χ2v) is 4.77. The second kappa shape index (κ2) is 7.17. The van der Waals surface area contributed by atoms with Crippen LogP contribution in [0.4, 0.5) is 4.39 Å². The van der Waals surface area contributed by atoms with Crippen LogP contribution in [-0.4, -0.2) is 42.3 Å². The molecule has 1 heterocycles. The summed E-state index contributed by atoms with van der Waals surface area (Å²) in [5.74, 6) is -1.50. The van der Waals surface area contributed by atoms with Crippen LogP contribution in [0.1, 0.15) is 17.5 Å². The van der Waals surface area contributed by atoms with Gasteiger partial charge in [0.05, 0.1) is 6.61 Å². The molecule has 20 heavy (non-hydrogen) atoms. The van der Waals surface area contributed by atoms with Crippen molar-refractivity contribution in [1.82, 2.24) is 4.90 Å². The molecule has 108 valence electrons. The average molecular weight is 279 g/mol. The number of nitrogens with zero attached hydrogens (tertiary/aromatic N) is 1. The molecule has 0 unspecified atom stereocenters. The van der Waals surface area contributed by atoms with Crippen molar-refractivity contribution in [3.8, 4) is 0 Å². The molecule has 1 aliphatic heterocycles. The van der Waals surface area contributed by atoms with Crippen LogP contribution in [0.25, 0.3) is 6.08 Å². The highest BCUT2D eigenvalue weighted by atomic mass is 19.1. The summed E-state index contributed by atoms with van der Waals surface area (Å²) in [7, 11) is 0. The van der Waals surface area contributed by atoms with Crippen LogP contribution >= 0.6 is 0 Å². The number of rotatable bonds is 4. The van der Waals surface area contributed by atoms with E-state index >= 15 is 0 Å². The lowest BCUT2D eigenvalue weighted by atomic mass is 10.1. The molecule has 0 aromatic heterocycles. The fourth-order valence-electron chi connectivity index (χ4n) is 2.19. The lowest BCUT2D eigenvalue weighted by Gasteiger charge is -2.19. The number of hydrogen-bond acceptors (Lipinski definition) is 3. The van der Waals surface area contributed by atoms with Gasteiger partial charge in [0.15, 0.2) is 0 Å². The number of ether oxygens (including phenoxy) is 1. The predicted octanol–water partition coefficient (Wildman–Crippen LogP) is 2.15. The maximum absolute atomic E-state index is 13.6. The zero-order valence-electron chi connectivity index (χ0n) is 11.2. The van der Waals surface area contributed by atoms with Gasteiger partial charge in [0.1, 0.15) is 5.82 Å². The van der Waals surface area contributed by atoms with E-state index in [4.69, 9.17) is 9.84 Å². The van der Waals surface area contributed by atoms with Crippen molar-refractivity contribution >= 4 is 12.0 Å². The predicted molar refractivity (Wildman–Crippen MR) is 73.8 cm³/mol. The molecule has 1 N–H and O–H groups in total. The summed E-state index contributed by atoms with van der Waals surface area (Å²) in [6.07, 6.45) is 3.22. The Morgan fingerprint density at radius 1 is 1.40 bits per heavy atom. The molecule has 0 saturated carbocycles. The quantitative estimate of drug-likeness (QED) is 0.858. The number of halogens is 1. The Bertz CT molecular complexity index is 494. The van der Waals surface area contributed by atoms with E-state index in [0.717, 1.165) is 44.3 Å². The molecule has 1 aromatic rings. The van der Waals surface area contributed by atoms with Gasteiger partial charge >= 0.3 is 5.97 Å². The summed E-state index contributed by atoms with van der Waals surface area (Å²) in [5, 5.41) is 8.60. The largest absolute Gasteiger partial charge is 0.478 e. The third-order valence-corrected chi connectivity index (χ3v) is 3.19. The monoisotopic (exact) mass is 279 g/mol. The minimum Gasteiger partial charge on any atom is -0.478 e. The molecule has 5 heteroatoms. The van der Waals surface area contributed by atoms with E-state index in [2.05, 4.69) is 4.90 Å². The van der Waals surface area contributed by atoms with Gasteiger partial charge < -0.3 is 9.84 Å². The molecule has 4 nitrogen and oxygen atoms in total. The number of carboxylic acid groups (broad SMARTS) is 1. The zero-order valence-corrected chi connectivity index (χ0v) is 11.2. The van der Waals surface area contributed by atoms with Gasteiger partial charge in [-0.05, 0) is 30.2 Å². The fourth-order valence-corrected chi connectivity index (χ4v) is 2.19. The van der Waals surface area contributed by atoms with Crippen molar-refractivity contribution in [3.63, 3.8) is 0 Å². The first-order valence-corrected chi connectivity index (χ1v) is 6.65. The molecule has 1 aliphatic rings. The van der Waals surface area contributed by atoms with E-state index in [0.29, 0.717) is 12.2 Å². The van der Waals surface area contributed by atoms with Crippen molar-refractivity contribution in [2.45, 2.75) is 13.0 Å². The van der Waals surface area contributed by atoms with Crippen LogP contribution in [0.5, 0.6) is 0 Å². The van der Waals surface area contributed by atoms with E-state index in [1.807, 2.05) is 0 Å². The average Bonchev–Trinajstić information content (AvgIpc) is 2.68.